The van der Waals surface area contributed by atoms with E-state index in [0.29, 0.717) is 26.4 Å². The molecule has 2 aromatic carbocycles. The van der Waals surface area contributed by atoms with Crippen LogP contribution in [0.2, 0.25) is 5.02 Å². The Morgan fingerprint density at radius 1 is 0.969 bits per heavy atom. The van der Waals surface area contributed by atoms with Gasteiger partial charge in [-0.1, -0.05) is 35.9 Å². The molecular weight excluding hydrogens is 475 g/mol. The van der Waals surface area contributed by atoms with Gasteiger partial charge in [0.15, 0.2) is 17.6 Å². The van der Waals surface area contributed by atoms with Gasteiger partial charge in [0.05, 0.1) is 19.3 Å². The number of benzene rings is 2. The molecule has 6 nitrogen and oxygen atoms in total. The third-order valence-electron chi connectivity index (χ3n) is 5.43. The highest BCUT2D eigenvalue weighted by atomic mass is 35.5. The molecule has 0 spiro atoms. The lowest BCUT2D eigenvalue weighted by Gasteiger charge is -2.35. The molecule has 1 fully saturated rings. The van der Waals surface area contributed by atoms with E-state index in [1.165, 1.54) is 5.56 Å². The molecule has 2 aliphatic heterocycles. The quantitative estimate of drug-likeness (QED) is 0.592. The molecule has 0 saturated carbocycles. The van der Waals surface area contributed by atoms with E-state index in [0.717, 1.165) is 49.2 Å². The average Bonchev–Trinajstić information content (AvgIpc) is 2.77. The number of aliphatic hydroxyl groups excluding tert-OH is 1. The predicted octanol–water partition coefficient (Wildman–Crippen LogP) is 3.52. The molecule has 178 valence electrons. The standard InChI is InChI=1S/C23H29ClN2O4.2ClH/c24-19-7-5-18(6-8-19)13-25-9-11-26(12-10-25)14-20(27)15-28-16-21-17-29-22-3-1-2-4-23(22)30-21;;/h1-8,20-21,27H,9-17H2;2*1H. The molecule has 9 heteroatoms. The van der Waals surface area contributed by atoms with Crippen LogP contribution in [-0.2, 0) is 11.3 Å². The van der Waals surface area contributed by atoms with Crippen LogP contribution in [0.25, 0.3) is 0 Å². The second kappa shape index (κ2) is 13.5. The first kappa shape index (κ1) is 27.0. The lowest BCUT2D eigenvalue weighted by atomic mass is 10.2. The van der Waals surface area contributed by atoms with Crippen LogP contribution >= 0.6 is 36.4 Å². The number of piperazine rings is 1. The van der Waals surface area contributed by atoms with Gasteiger partial charge in [0.25, 0.3) is 0 Å². The van der Waals surface area contributed by atoms with Crippen LogP contribution < -0.4 is 9.47 Å². The van der Waals surface area contributed by atoms with Gasteiger partial charge < -0.3 is 19.3 Å². The van der Waals surface area contributed by atoms with E-state index in [1.54, 1.807) is 0 Å². The van der Waals surface area contributed by atoms with Gasteiger partial charge in [0.1, 0.15) is 6.61 Å². The molecule has 2 aliphatic rings. The van der Waals surface area contributed by atoms with Crippen molar-refractivity contribution in [3.05, 3.63) is 59.1 Å². The Morgan fingerprint density at radius 2 is 1.62 bits per heavy atom. The summed E-state index contributed by atoms with van der Waals surface area (Å²) in [5.74, 6) is 1.51. The average molecular weight is 506 g/mol. The zero-order valence-corrected chi connectivity index (χ0v) is 20.3. The SMILES string of the molecule is Cl.Cl.OC(COCC1COc2ccccc2O1)CN1CCN(Cc2ccc(Cl)cc2)CC1. The minimum atomic E-state index is -0.510. The fourth-order valence-corrected chi connectivity index (χ4v) is 3.94. The summed E-state index contributed by atoms with van der Waals surface area (Å²) in [6, 6.07) is 15.7. The first-order valence-electron chi connectivity index (χ1n) is 10.5. The second-order valence-electron chi connectivity index (χ2n) is 7.89. The minimum absolute atomic E-state index is 0. The maximum absolute atomic E-state index is 10.4. The first-order valence-corrected chi connectivity index (χ1v) is 10.9. The summed E-state index contributed by atoms with van der Waals surface area (Å²) in [6.45, 7) is 6.59. The van der Waals surface area contributed by atoms with E-state index in [4.69, 9.17) is 25.8 Å². The van der Waals surface area contributed by atoms with Crippen LogP contribution in [0, 0.1) is 0 Å². The summed E-state index contributed by atoms with van der Waals surface area (Å²) in [5.41, 5.74) is 1.28. The maximum atomic E-state index is 10.4. The van der Waals surface area contributed by atoms with Crippen molar-refractivity contribution in [1.29, 1.82) is 0 Å². The van der Waals surface area contributed by atoms with E-state index in [9.17, 15) is 5.11 Å². The molecule has 2 atom stereocenters. The minimum Gasteiger partial charge on any atom is -0.486 e. The number of aliphatic hydroxyl groups is 1. The maximum Gasteiger partial charge on any atom is 0.161 e. The van der Waals surface area contributed by atoms with E-state index in [2.05, 4.69) is 21.9 Å². The summed E-state index contributed by atoms with van der Waals surface area (Å²) in [4.78, 5) is 4.73. The van der Waals surface area contributed by atoms with E-state index < -0.39 is 6.10 Å². The molecule has 0 aromatic heterocycles. The second-order valence-corrected chi connectivity index (χ2v) is 8.33. The highest BCUT2D eigenvalue weighted by molar-refractivity contribution is 6.30. The fraction of sp³-hybridized carbons (Fsp3) is 0.478. The zero-order valence-electron chi connectivity index (χ0n) is 17.9. The Kier molecular flexibility index (Phi) is 11.4. The van der Waals surface area contributed by atoms with Gasteiger partial charge in [0.2, 0.25) is 0 Å². The van der Waals surface area contributed by atoms with Crippen LogP contribution in [0.3, 0.4) is 0 Å². The molecule has 2 heterocycles. The van der Waals surface area contributed by atoms with Crippen LogP contribution in [-0.4, -0.2) is 79.7 Å². The normalized spacial score (nSPS) is 19.5. The lowest BCUT2D eigenvalue weighted by Crippen LogP contribution is -2.48. The van der Waals surface area contributed by atoms with Crippen molar-refractivity contribution in [3.8, 4) is 11.5 Å². The zero-order chi connectivity index (χ0) is 20.8. The van der Waals surface area contributed by atoms with Gasteiger partial charge in [-0.05, 0) is 29.8 Å². The highest BCUT2D eigenvalue weighted by Gasteiger charge is 2.22. The van der Waals surface area contributed by atoms with Crippen molar-refractivity contribution in [1.82, 2.24) is 9.80 Å². The van der Waals surface area contributed by atoms with Gasteiger partial charge in [0, 0.05) is 44.3 Å². The molecule has 4 rings (SSSR count). The Morgan fingerprint density at radius 3 is 2.34 bits per heavy atom. The molecule has 0 aliphatic carbocycles. The molecule has 0 amide bonds. The Balaban J connectivity index is 0.00000181. The number of halogens is 3. The van der Waals surface area contributed by atoms with Crippen LogP contribution in [0.4, 0.5) is 0 Å². The van der Waals surface area contributed by atoms with Crippen molar-refractivity contribution in [2.75, 3.05) is 52.5 Å². The summed E-state index contributed by atoms with van der Waals surface area (Å²) < 4.78 is 17.3. The molecule has 0 radical (unpaired) electrons. The Bertz CT molecular complexity index is 804. The fourth-order valence-electron chi connectivity index (χ4n) is 3.81. The number of nitrogens with zero attached hydrogens (tertiary/aromatic N) is 2. The van der Waals surface area contributed by atoms with Gasteiger partial charge in [-0.2, -0.15) is 0 Å². The summed E-state index contributed by atoms with van der Waals surface area (Å²) >= 11 is 5.96. The summed E-state index contributed by atoms with van der Waals surface area (Å²) in [7, 11) is 0. The molecule has 2 aromatic rings. The number of hydrogen-bond acceptors (Lipinski definition) is 6. The van der Waals surface area contributed by atoms with Crippen molar-refractivity contribution in [2.24, 2.45) is 0 Å². The highest BCUT2D eigenvalue weighted by Crippen LogP contribution is 2.30. The molecule has 0 bridgehead atoms. The Labute approximate surface area is 207 Å². The summed E-state index contributed by atoms with van der Waals surface area (Å²) in [6.07, 6.45) is -0.659. The Hall–Kier alpha value is -1.25. The topological polar surface area (TPSA) is 54.4 Å². The van der Waals surface area contributed by atoms with Crippen molar-refractivity contribution >= 4 is 36.4 Å². The van der Waals surface area contributed by atoms with Crippen LogP contribution in [0.1, 0.15) is 5.56 Å². The summed E-state index contributed by atoms with van der Waals surface area (Å²) in [5, 5.41) is 11.1. The molecule has 1 N–H and O–H groups in total. The van der Waals surface area contributed by atoms with Gasteiger partial charge in [-0.25, -0.2) is 0 Å². The number of para-hydroxylation sites is 2. The van der Waals surface area contributed by atoms with Gasteiger partial charge >= 0.3 is 0 Å². The number of β-amino-alcohol motifs (C(OH)–C–C–N with tert-alkyl or cyclic N) is 1. The number of fused-ring (bicyclic) bond motifs is 1. The van der Waals surface area contributed by atoms with Gasteiger partial charge in [-0.15, -0.1) is 24.8 Å². The van der Waals surface area contributed by atoms with E-state index >= 15 is 0 Å². The third-order valence-corrected chi connectivity index (χ3v) is 5.69. The van der Waals surface area contributed by atoms with Gasteiger partial charge in [-0.3, -0.25) is 9.80 Å². The van der Waals surface area contributed by atoms with Crippen LogP contribution in [0.15, 0.2) is 48.5 Å². The molecule has 1 saturated heterocycles. The monoisotopic (exact) mass is 504 g/mol. The molecular formula is C23H31Cl3N2O4. The van der Waals surface area contributed by atoms with E-state index in [-0.39, 0.29) is 30.9 Å². The van der Waals surface area contributed by atoms with Crippen molar-refractivity contribution in [3.63, 3.8) is 0 Å². The number of ether oxygens (including phenoxy) is 3. The largest absolute Gasteiger partial charge is 0.486 e. The van der Waals surface area contributed by atoms with Crippen molar-refractivity contribution < 1.29 is 19.3 Å². The molecule has 32 heavy (non-hydrogen) atoms. The van der Waals surface area contributed by atoms with E-state index in [1.807, 2.05) is 36.4 Å². The number of rotatable bonds is 8. The van der Waals surface area contributed by atoms with Crippen LogP contribution in [0.5, 0.6) is 11.5 Å². The third kappa shape index (κ3) is 7.96. The van der Waals surface area contributed by atoms with Crippen molar-refractivity contribution in [2.45, 2.75) is 18.8 Å². The smallest absolute Gasteiger partial charge is 0.161 e. The molecule has 2 unspecified atom stereocenters. The first-order chi connectivity index (χ1) is 14.7. The lowest BCUT2D eigenvalue weighted by molar-refractivity contribution is -0.0322. The number of hydrogen-bond donors (Lipinski definition) is 1. The predicted molar refractivity (Wildman–Crippen MR) is 131 cm³/mol.